The number of allylic oxidation sites excluding steroid dienone is 1. The van der Waals surface area contributed by atoms with Crippen LogP contribution in [0.25, 0.3) is 22.6 Å². The van der Waals surface area contributed by atoms with Crippen molar-refractivity contribution in [2.24, 2.45) is 0 Å². The Hall–Kier alpha value is -3.64. The summed E-state index contributed by atoms with van der Waals surface area (Å²) in [6, 6.07) is 12.1. The van der Waals surface area contributed by atoms with E-state index in [9.17, 15) is 14.4 Å². The van der Waals surface area contributed by atoms with Gasteiger partial charge in [0.05, 0.1) is 5.39 Å². The molecule has 0 aliphatic heterocycles. The van der Waals surface area contributed by atoms with Gasteiger partial charge in [-0.3, -0.25) is 9.59 Å². The number of carboxylic acid groups (broad SMARTS) is 1. The highest BCUT2D eigenvalue weighted by molar-refractivity contribution is 6.30. The lowest BCUT2D eigenvalue weighted by Gasteiger charge is -2.07. The number of hydrogen-bond donors (Lipinski definition) is 2. The number of carbonyl (C=O) groups is 2. The molecule has 0 bridgehead atoms. The van der Waals surface area contributed by atoms with Crippen LogP contribution in [0, 0.1) is 0 Å². The van der Waals surface area contributed by atoms with Crippen molar-refractivity contribution in [2.45, 2.75) is 12.8 Å². The van der Waals surface area contributed by atoms with Crippen molar-refractivity contribution < 1.29 is 19.1 Å². The molecule has 0 radical (unpaired) electrons. The quantitative estimate of drug-likeness (QED) is 0.604. The summed E-state index contributed by atoms with van der Waals surface area (Å²) in [7, 11) is 0. The molecular formula is C23H16ClNO5. The summed E-state index contributed by atoms with van der Waals surface area (Å²) in [6.45, 7) is 0. The van der Waals surface area contributed by atoms with Gasteiger partial charge in [-0.2, -0.15) is 0 Å². The number of carboxylic acids is 1. The van der Waals surface area contributed by atoms with Crippen LogP contribution < -0.4 is 10.7 Å². The van der Waals surface area contributed by atoms with Crippen molar-refractivity contribution in [3.05, 3.63) is 86.7 Å². The first-order valence-electron chi connectivity index (χ1n) is 9.19. The van der Waals surface area contributed by atoms with Gasteiger partial charge >= 0.3 is 5.97 Å². The third-order valence-corrected chi connectivity index (χ3v) is 4.99. The monoisotopic (exact) mass is 421 g/mol. The molecule has 2 N–H and O–H groups in total. The van der Waals surface area contributed by atoms with Crippen LogP contribution in [-0.2, 0) is 16.0 Å². The van der Waals surface area contributed by atoms with Gasteiger partial charge < -0.3 is 14.8 Å². The zero-order valence-electron chi connectivity index (χ0n) is 15.6. The summed E-state index contributed by atoms with van der Waals surface area (Å²) in [5.41, 5.74) is 3.10. The molecule has 2 aromatic carbocycles. The van der Waals surface area contributed by atoms with Crippen LogP contribution in [0.5, 0.6) is 0 Å². The number of nitrogens with one attached hydrogen (secondary N) is 1. The topological polar surface area (TPSA) is 96.6 Å². The smallest absolute Gasteiger partial charge is 0.328 e. The predicted molar refractivity (Wildman–Crippen MR) is 116 cm³/mol. The number of aliphatic carboxylic acids is 1. The van der Waals surface area contributed by atoms with E-state index < -0.39 is 11.9 Å². The Kier molecular flexibility index (Phi) is 5.25. The van der Waals surface area contributed by atoms with E-state index >= 15 is 0 Å². The van der Waals surface area contributed by atoms with E-state index in [1.54, 1.807) is 24.3 Å². The van der Waals surface area contributed by atoms with E-state index in [1.807, 2.05) is 24.3 Å². The molecule has 0 fully saturated rings. The summed E-state index contributed by atoms with van der Waals surface area (Å²) < 4.78 is 6.06. The Morgan fingerprint density at radius 2 is 1.93 bits per heavy atom. The van der Waals surface area contributed by atoms with Crippen LogP contribution in [0.15, 0.2) is 63.8 Å². The van der Waals surface area contributed by atoms with E-state index in [1.165, 1.54) is 0 Å². The summed E-state index contributed by atoms with van der Waals surface area (Å²) >= 11 is 6.06. The van der Waals surface area contributed by atoms with Gasteiger partial charge in [-0.25, -0.2) is 4.79 Å². The van der Waals surface area contributed by atoms with Gasteiger partial charge in [0.25, 0.3) is 0 Å². The molecule has 0 saturated heterocycles. The standard InChI is InChI=1S/C23H16ClNO5/c24-15-3-1-2-13(11-15)10-14-4-6-18-22(29)17-7-5-16(12-19(17)30-23(14)18)25-20(26)8-9-21(27)28/h1-3,5,7-12H,4,6H2,(H,25,26)(H,27,28)/b9-8-,14-10+. The van der Waals surface area contributed by atoms with E-state index in [2.05, 4.69) is 5.32 Å². The van der Waals surface area contributed by atoms with E-state index in [0.717, 1.165) is 23.3 Å². The van der Waals surface area contributed by atoms with E-state index in [0.29, 0.717) is 45.8 Å². The van der Waals surface area contributed by atoms with Crippen molar-refractivity contribution in [3.8, 4) is 0 Å². The highest BCUT2D eigenvalue weighted by Crippen LogP contribution is 2.34. The highest BCUT2D eigenvalue weighted by Gasteiger charge is 2.24. The minimum atomic E-state index is -1.22. The summed E-state index contributed by atoms with van der Waals surface area (Å²) in [6.07, 6.45) is 4.89. The molecule has 0 unspecified atom stereocenters. The highest BCUT2D eigenvalue weighted by atomic mass is 35.5. The number of hydrogen-bond acceptors (Lipinski definition) is 4. The Morgan fingerprint density at radius 3 is 2.70 bits per heavy atom. The molecule has 0 saturated carbocycles. The number of halogens is 1. The van der Waals surface area contributed by atoms with E-state index in [-0.39, 0.29) is 5.43 Å². The third-order valence-electron chi connectivity index (χ3n) is 4.76. The van der Waals surface area contributed by atoms with Gasteiger partial charge in [-0.15, -0.1) is 0 Å². The first-order chi connectivity index (χ1) is 14.4. The molecule has 4 rings (SSSR count). The van der Waals surface area contributed by atoms with Gasteiger partial charge in [0, 0.05) is 34.5 Å². The maximum absolute atomic E-state index is 12.9. The minimum Gasteiger partial charge on any atom is -0.478 e. The zero-order chi connectivity index (χ0) is 21.3. The fourth-order valence-corrected chi connectivity index (χ4v) is 3.63. The van der Waals surface area contributed by atoms with Crippen LogP contribution in [0.3, 0.4) is 0 Å². The molecule has 0 atom stereocenters. The molecule has 3 aromatic rings. The largest absolute Gasteiger partial charge is 0.478 e. The molecule has 1 heterocycles. The average molecular weight is 422 g/mol. The Morgan fingerprint density at radius 1 is 1.10 bits per heavy atom. The fraction of sp³-hybridized carbons (Fsp3) is 0.0870. The molecular weight excluding hydrogens is 406 g/mol. The lowest BCUT2D eigenvalue weighted by Crippen LogP contribution is -2.11. The number of carbonyl (C=O) groups excluding carboxylic acids is 1. The molecule has 1 aliphatic rings. The molecule has 150 valence electrons. The maximum atomic E-state index is 12.9. The molecule has 1 aliphatic carbocycles. The van der Waals surface area contributed by atoms with Gasteiger partial charge in [0.1, 0.15) is 11.3 Å². The van der Waals surface area contributed by atoms with Gasteiger partial charge in [0.15, 0.2) is 5.43 Å². The minimum absolute atomic E-state index is 0.0932. The molecule has 0 spiro atoms. The van der Waals surface area contributed by atoms with Crippen molar-refractivity contribution in [2.75, 3.05) is 5.32 Å². The second-order valence-corrected chi connectivity index (χ2v) is 7.27. The molecule has 1 aromatic heterocycles. The summed E-state index contributed by atoms with van der Waals surface area (Å²) in [5.74, 6) is -1.27. The van der Waals surface area contributed by atoms with Crippen LogP contribution >= 0.6 is 11.6 Å². The molecule has 30 heavy (non-hydrogen) atoms. The van der Waals surface area contributed by atoms with Gasteiger partial charge in [-0.1, -0.05) is 23.7 Å². The predicted octanol–water partition coefficient (Wildman–Crippen LogP) is 4.51. The number of rotatable bonds is 4. The number of benzene rings is 2. The molecule has 6 nitrogen and oxygen atoms in total. The Labute approximate surface area is 176 Å². The van der Waals surface area contributed by atoms with Crippen LogP contribution in [0.4, 0.5) is 5.69 Å². The summed E-state index contributed by atoms with van der Waals surface area (Å²) in [4.78, 5) is 35.3. The zero-order valence-corrected chi connectivity index (χ0v) is 16.4. The Bertz CT molecular complexity index is 1300. The van der Waals surface area contributed by atoms with Crippen LogP contribution in [0.2, 0.25) is 5.02 Å². The lowest BCUT2D eigenvalue weighted by molar-refractivity contribution is -0.131. The second-order valence-electron chi connectivity index (χ2n) is 6.84. The number of anilines is 1. The average Bonchev–Trinajstić information content (AvgIpc) is 3.09. The summed E-state index contributed by atoms with van der Waals surface area (Å²) in [5, 5.41) is 12.2. The number of amides is 1. The fourth-order valence-electron chi connectivity index (χ4n) is 3.44. The van der Waals surface area contributed by atoms with E-state index in [4.69, 9.17) is 21.1 Å². The first kappa shape index (κ1) is 19.7. The van der Waals surface area contributed by atoms with Crippen molar-refractivity contribution in [1.82, 2.24) is 0 Å². The SMILES string of the molecule is O=C(O)/C=C\C(=O)Nc1ccc2c(=O)c3c(oc2c1)/C(=C/c1cccc(Cl)c1)CC3. The van der Waals surface area contributed by atoms with Crippen LogP contribution in [-0.4, -0.2) is 17.0 Å². The maximum Gasteiger partial charge on any atom is 0.328 e. The van der Waals surface area contributed by atoms with Gasteiger partial charge in [0.2, 0.25) is 5.91 Å². The van der Waals surface area contributed by atoms with Crippen molar-refractivity contribution in [1.29, 1.82) is 0 Å². The number of fused-ring (bicyclic) bond motifs is 2. The Balaban J connectivity index is 1.72. The normalized spacial score (nSPS) is 14.4. The first-order valence-corrected chi connectivity index (χ1v) is 9.57. The van der Waals surface area contributed by atoms with Gasteiger partial charge in [-0.05, 0) is 54.3 Å². The molecule has 1 amide bonds. The second kappa shape index (κ2) is 8.00. The lowest BCUT2D eigenvalue weighted by atomic mass is 10.1. The van der Waals surface area contributed by atoms with Crippen molar-refractivity contribution >= 4 is 51.8 Å². The van der Waals surface area contributed by atoms with Crippen molar-refractivity contribution in [3.63, 3.8) is 0 Å². The third kappa shape index (κ3) is 4.04. The molecule has 7 heteroatoms. The van der Waals surface area contributed by atoms with Crippen LogP contribution in [0.1, 0.15) is 23.3 Å².